The lowest BCUT2D eigenvalue weighted by atomic mass is 10.2. The Balaban J connectivity index is 2.11. The van der Waals surface area contributed by atoms with Crippen molar-refractivity contribution in [3.05, 3.63) is 15.6 Å². The number of likely N-dealkylation sites (N-methyl/N-ethyl adjacent to an activating group) is 2. The Labute approximate surface area is 161 Å². The Morgan fingerprint density at radius 3 is 2.70 bits per heavy atom. The smallest absolute Gasteiger partial charge is 0.309 e. The molecule has 4 amide bonds. The molecule has 0 aliphatic carbocycles. The molecule has 1 unspecified atom stereocenters. The summed E-state index contributed by atoms with van der Waals surface area (Å²) in [6.45, 7) is 3.57. The highest BCUT2D eigenvalue weighted by atomic mass is 32.1. The zero-order valence-corrected chi connectivity index (χ0v) is 16.4. The molecule has 0 saturated carbocycles. The van der Waals surface area contributed by atoms with E-state index in [9.17, 15) is 19.2 Å². The molecule has 0 aromatic carbocycles. The van der Waals surface area contributed by atoms with Gasteiger partial charge in [-0.1, -0.05) is 0 Å². The lowest BCUT2D eigenvalue weighted by Gasteiger charge is -2.23. The van der Waals surface area contributed by atoms with E-state index in [0.29, 0.717) is 6.54 Å². The van der Waals surface area contributed by atoms with E-state index in [0.717, 1.165) is 30.1 Å². The van der Waals surface area contributed by atoms with Gasteiger partial charge < -0.3 is 26.2 Å². The first-order chi connectivity index (χ1) is 12.7. The Bertz CT molecular complexity index is 749. The Kier molecular flexibility index (Phi) is 6.86. The largest absolute Gasteiger partial charge is 0.361 e. The van der Waals surface area contributed by atoms with Gasteiger partial charge in [0.15, 0.2) is 5.01 Å². The third-order valence-electron chi connectivity index (χ3n) is 4.26. The zero-order valence-electron chi connectivity index (χ0n) is 15.6. The predicted molar refractivity (Wildman–Crippen MR) is 98.9 cm³/mol. The molecule has 11 heteroatoms. The number of hydrogen-bond donors (Lipinski definition) is 3. The van der Waals surface area contributed by atoms with Crippen LogP contribution in [-0.4, -0.2) is 78.2 Å². The minimum atomic E-state index is -1.16. The molecule has 27 heavy (non-hydrogen) atoms. The maximum Gasteiger partial charge on any atom is 0.309 e. The number of rotatable bonds is 6. The quantitative estimate of drug-likeness (QED) is 0.491. The fourth-order valence-electron chi connectivity index (χ4n) is 2.54. The summed E-state index contributed by atoms with van der Waals surface area (Å²) in [6, 6.07) is -1.03. The number of nitrogens with one attached hydrogen (secondary N) is 2. The Morgan fingerprint density at radius 1 is 1.37 bits per heavy atom. The fourth-order valence-corrected chi connectivity index (χ4v) is 3.64. The molecule has 0 spiro atoms. The fraction of sp³-hybridized carbons (Fsp3) is 0.562. The van der Waals surface area contributed by atoms with Crippen LogP contribution in [0.2, 0.25) is 0 Å². The molecular formula is C16H24N6O4S. The van der Waals surface area contributed by atoms with Crippen LogP contribution in [0, 0.1) is 0 Å². The van der Waals surface area contributed by atoms with Crippen LogP contribution in [-0.2, 0) is 27.3 Å². The molecule has 1 aromatic rings. The molecule has 4 N–H and O–H groups in total. The third kappa shape index (κ3) is 5.23. The Hall–Kier alpha value is -2.53. The van der Waals surface area contributed by atoms with E-state index in [1.165, 1.54) is 16.2 Å². The first-order valence-electron chi connectivity index (χ1n) is 8.53. The molecular weight excluding hydrogens is 372 g/mol. The summed E-state index contributed by atoms with van der Waals surface area (Å²) < 4.78 is 0. The number of thiazole rings is 1. The van der Waals surface area contributed by atoms with Crippen LogP contribution in [0.15, 0.2) is 0 Å². The van der Waals surface area contributed by atoms with Crippen LogP contribution in [0.1, 0.15) is 27.3 Å². The summed E-state index contributed by atoms with van der Waals surface area (Å²) in [4.78, 5) is 56.3. The molecule has 10 nitrogen and oxygen atoms in total. The van der Waals surface area contributed by atoms with Crippen molar-refractivity contribution < 1.29 is 19.2 Å². The van der Waals surface area contributed by atoms with Crippen LogP contribution in [0.4, 0.5) is 0 Å². The number of nitrogens with zero attached hydrogens (tertiary/aromatic N) is 3. The molecule has 2 heterocycles. The summed E-state index contributed by atoms with van der Waals surface area (Å²) in [6.07, 6.45) is 0.769. The lowest BCUT2D eigenvalue weighted by molar-refractivity contribution is -0.138. The summed E-state index contributed by atoms with van der Waals surface area (Å²) in [5.41, 5.74) is 5.80. The van der Waals surface area contributed by atoms with Gasteiger partial charge in [-0.3, -0.25) is 19.2 Å². The molecule has 148 valence electrons. The van der Waals surface area contributed by atoms with Crippen LogP contribution in [0.3, 0.4) is 0 Å². The van der Waals surface area contributed by atoms with Gasteiger partial charge in [0.1, 0.15) is 6.04 Å². The summed E-state index contributed by atoms with van der Waals surface area (Å²) in [5, 5.41) is 5.13. The topological polar surface area (TPSA) is 138 Å². The van der Waals surface area contributed by atoms with E-state index < -0.39 is 29.7 Å². The van der Waals surface area contributed by atoms with Gasteiger partial charge in [-0.25, -0.2) is 4.98 Å². The Morgan fingerprint density at radius 2 is 2.07 bits per heavy atom. The highest BCUT2D eigenvalue weighted by molar-refractivity contribution is 7.13. The van der Waals surface area contributed by atoms with E-state index in [1.807, 2.05) is 7.05 Å². The summed E-state index contributed by atoms with van der Waals surface area (Å²) in [7, 11) is 3.58. The van der Waals surface area contributed by atoms with Crippen molar-refractivity contribution in [1.82, 2.24) is 25.4 Å². The highest BCUT2D eigenvalue weighted by Gasteiger charge is 2.28. The van der Waals surface area contributed by atoms with Crippen LogP contribution in [0.5, 0.6) is 0 Å². The van der Waals surface area contributed by atoms with E-state index in [-0.39, 0.29) is 11.6 Å². The zero-order chi connectivity index (χ0) is 20.1. The number of hydrogen-bond acceptors (Lipinski definition) is 7. The number of carbonyl (C=O) groups excluding carboxylic acids is 4. The van der Waals surface area contributed by atoms with Gasteiger partial charge in [-0.2, -0.15) is 0 Å². The molecule has 2 rings (SSSR count). The number of amides is 4. The molecule has 1 aliphatic rings. The number of nitrogens with two attached hydrogens (primary N) is 1. The standard InChI is InChI=1S/C16H24N6O4S/c1-4-22(3)16(26)10(7-18-13(24)12(17)23)19-14(25)15-20-9-5-6-21(2)8-11(9)27-15/h10H,4-8H2,1-3H3,(H2,17,23)(H,18,24)(H,19,25). The summed E-state index contributed by atoms with van der Waals surface area (Å²) >= 11 is 1.29. The average molecular weight is 396 g/mol. The van der Waals surface area contributed by atoms with Crippen LogP contribution < -0.4 is 16.4 Å². The van der Waals surface area contributed by atoms with Crippen LogP contribution >= 0.6 is 11.3 Å². The van der Waals surface area contributed by atoms with Gasteiger partial charge in [0, 0.05) is 44.5 Å². The first kappa shape index (κ1) is 20.8. The first-order valence-corrected chi connectivity index (χ1v) is 9.35. The van der Waals surface area contributed by atoms with Crippen molar-refractivity contribution in [3.8, 4) is 0 Å². The van der Waals surface area contributed by atoms with Crippen molar-refractivity contribution >= 4 is 35.0 Å². The highest BCUT2D eigenvalue weighted by Crippen LogP contribution is 2.24. The molecule has 1 aliphatic heterocycles. The molecule has 0 bridgehead atoms. The van der Waals surface area contributed by atoms with E-state index in [2.05, 4.69) is 20.5 Å². The van der Waals surface area contributed by atoms with Crippen molar-refractivity contribution in [2.24, 2.45) is 5.73 Å². The second-order valence-corrected chi connectivity index (χ2v) is 7.41. The molecule has 0 radical (unpaired) electrons. The van der Waals surface area contributed by atoms with E-state index >= 15 is 0 Å². The summed E-state index contributed by atoms with van der Waals surface area (Å²) in [5.74, 6) is -3.06. The molecule has 0 fully saturated rings. The third-order valence-corrected chi connectivity index (χ3v) is 5.34. The molecule has 1 atom stereocenters. The van der Waals surface area contributed by atoms with Crippen molar-refractivity contribution in [1.29, 1.82) is 0 Å². The van der Waals surface area contributed by atoms with Crippen molar-refractivity contribution in [2.45, 2.75) is 25.9 Å². The SMILES string of the molecule is CCN(C)C(=O)C(CNC(=O)C(N)=O)NC(=O)c1nc2c(s1)CN(C)CC2. The van der Waals surface area contributed by atoms with Gasteiger partial charge >= 0.3 is 11.8 Å². The second kappa shape index (κ2) is 8.91. The van der Waals surface area contributed by atoms with Crippen molar-refractivity contribution in [2.75, 3.05) is 33.7 Å². The molecule has 1 aromatic heterocycles. The number of aromatic nitrogens is 1. The van der Waals surface area contributed by atoms with E-state index in [4.69, 9.17) is 5.73 Å². The lowest BCUT2D eigenvalue weighted by Crippen LogP contribution is -2.54. The number of fused-ring (bicyclic) bond motifs is 1. The second-order valence-electron chi connectivity index (χ2n) is 6.33. The molecule has 0 saturated heterocycles. The van der Waals surface area contributed by atoms with E-state index in [1.54, 1.807) is 14.0 Å². The minimum Gasteiger partial charge on any atom is -0.361 e. The minimum absolute atomic E-state index is 0.246. The van der Waals surface area contributed by atoms with Gasteiger partial charge in [0.05, 0.1) is 5.69 Å². The van der Waals surface area contributed by atoms with Crippen LogP contribution in [0.25, 0.3) is 0 Å². The maximum atomic E-state index is 12.6. The van der Waals surface area contributed by atoms with Gasteiger partial charge in [0.2, 0.25) is 5.91 Å². The normalized spacial score (nSPS) is 14.8. The monoisotopic (exact) mass is 396 g/mol. The average Bonchev–Trinajstić information content (AvgIpc) is 3.06. The van der Waals surface area contributed by atoms with Crippen molar-refractivity contribution in [3.63, 3.8) is 0 Å². The number of primary amides is 1. The van der Waals surface area contributed by atoms with Gasteiger partial charge in [0.25, 0.3) is 5.91 Å². The maximum absolute atomic E-state index is 12.6. The number of carbonyl (C=O) groups is 4. The van der Waals surface area contributed by atoms with Gasteiger partial charge in [-0.05, 0) is 14.0 Å². The predicted octanol–water partition coefficient (Wildman–Crippen LogP) is -1.69. The van der Waals surface area contributed by atoms with Gasteiger partial charge in [-0.15, -0.1) is 11.3 Å².